The number of fused-ring (bicyclic) bond motifs is 1. The maximum atomic E-state index is 13.4. The van der Waals surface area contributed by atoms with Gasteiger partial charge in [-0.25, -0.2) is 8.42 Å². The van der Waals surface area contributed by atoms with Crippen LogP contribution >= 0.6 is 0 Å². The fraction of sp³-hybridized carbons (Fsp3) is 0.444. The zero-order chi connectivity index (χ0) is 29.2. The second-order valence-electron chi connectivity index (χ2n) is 10.4. The molecule has 4 heterocycles. The average molecular weight is 572 g/mol. The molecule has 3 aromatic rings. The maximum Gasteiger partial charge on any atom is 0.323 e. The van der Waals surface area contributed by atoms with E-state index in [1.54, 1.807) is 32.2 Å². The minimum Gasteiger partial charge on any atom is -0.618 e. The molecule has 0 bridgehead atoms. The average Bonchev–Trinajstić information content (AvgIpc) is 3.17. The first-order valence-corrected chi connectivity index (χ1v) is 14.5. The van der Waals surface area contributed by atoms with Crippen molar-refractivity contribution in [2.24, 2.45) is 5.92 Å². The lowest BCUT2D eigenvalue weighted by atomic mass is 10.0. The molecule has 0 spiro atoms. The van der Waals surface area contributed by atoms with E-state index in [1.807, 2.05) is 13.8 Å². The van der Waals surface area contributed by atoms with Crippen LogP contribution in [0.3, 0.4) is 0 Å². The number of nitrogens with one attached hydrogen (secondary N) is 2. The summed E-state index contributed by atoms with van der Waals surface area (Å²) in [6.07, 6.45) is 3.43. The molecule has 1 aliphatic rings. The summed E-state index contributed by atoms with van der Waals surface area (Å²) < 4.78 is 33.4. The lowest BCUT2D eigenvalue weighted by Crippen LogP contribution is -2.53. The summed E-state index contributed by atoms with van der Waals surface area (Å²) in [4.78, 5) is 43.9. The Labute approximate surface area is 232 Å². The van der Waals surface area contributed by atoms with Gasteiger partial charge in [-0.1, -0.05) is 13.8 Å². The third-order valence-corrected chi connectivity index (χ3v) is 8.91. The van der Waals surface area contributed by atoms with Crippen molar-refractivity contribution in [3.8, 4) is 0 Å². The Hall–Kier alpha value is -3.84. The Kier molecular flexibility index (Phi) is 8.54. The van der Waals surface area contributed by atoms with Crippen LogP contribution < -0.4 is 15.4 Å². The van der Waals surface area contributed by atoms with E-state index in [1.165, 1.54) is 18.2 Å². The number of furan rings is 1. The van der Waals surface area contributed by atoms with Gasteiger partial charge in [0.05, 0.1) is 12.6 Å². The van der Waals surface area contributed by atoms with Gasteiger partial charge in [0, 0.05) is 29.9 Å². The quantitative estimate of drug-likeness (QED) is 0.305. The van der Waals surface area contributed by atoms with Crippen molar-refractivity contribution in [2.75, 3.05) is 6.54 Å². The van der Waals surface area contributed by atoms with Gasteiger partial charge in [0.2, 0.25) is 5.91 Å². The molecular weight excluding hydrogens is 538 g/mol. The fourth-order valence-corrected chi connectivity index (χ4v) is 6.46. The Balaban J connectivity index is 1.50. The van der Waals surface area contributed by atoms with Gasteiger partial charge in [0.1, 0.15) is 11.6 Å². The highest BCUT2D eigenvalue weighted by Crippen LogP contribution is 2.24. The lowest BCUT2D eigenvalue weighted by molar-refractivity contribution is -0.646. The summed E-state index contributed by atoms with van der Waals surface area (Å²) in [5.74, 6) is -1.57. The first-order valence-electron chi connectivity index (χ1n) is 13.1. The van der Waals surface area contributed by atoms with Crippen LogP contribution in [0.5, 0.6) is 0 Å². The molecule has 0 radical (unpaired) electrons. The molecule has 13 heteroatoms. The molecular formula is C27H33N5O7S. The molecule has 0 aromatic carbocycles. The van der Waals surface area contributed by atoms with Gasteiger partial charge in [-0.15, -0.1) is 0 Å². The van der Waals surface area contributed by atoms with Gasteiger partial charge in [-0.2, -0.15) is 9.04 Å². The molecule has 0 saturated carbocycles. The molecule has 12 nitrogen and oxygen atoms in total. The second kappa shape index (κ2) is 11.7. The Morgan fingerprint density at radius 1 is 1.23 bits per heavy atom. The SMILES string of the molecule is Cc1c(C(=O)N[C@@H](CC(C)C)C(=O)N[C@H]2CC[C@@H](C)N(S(=O)(=O)c3cccc[n+]3[O-])CC2=O)oc2cccnc12. The number of pyridine rings is 2. The number of sulfonamides is 1. The number of nitrogens with zero attached hydrogens (tertiary/aromatic N) is 3. The number of hydrogen-bond acceptors (Lipinski definition) is 8. The summed E-state index contributed by atoms with van der Waals surface area (Å²) in [5.41, 5.74) is 1.54. The summed E-state index contributed by atoms with van der Waals surface area (Å²) in [5, 5.41) is 17.1. The number of rotatable bonds is 8. The lowest BCUT2D eigenvalue weighted by Gasteiger charge is -2.24. The molecule has 2 N–H and O–H groups in total. The van der Waals surface area contributed by atoms with E-state index in [0.29, 0.717) is 23.1 Å². The van der Waals surface area contributed by atoms with Crippen LogP contribution in [-0.2, 0) is 19.6 Å². The fourth-order valence-electron chi connectivity index (χ4n) is 4.80. The molecule has 0 unspecified atom stereocenters. The number of carbonyl (C=O) groups excluding carboxylic acids is 3. The normalized spacial score (nSPS) is 19.4. The summed E-state index contributed by atoms with van der Waals surface area (Å²) in [6, 6.07) is 4.89. The number of ketones is 1. The van der Waals surface area contributed by atoms with E-state index in [9.17, 15) is 28.0 Å². The summed E-state index contributed by atoms with van der Waals surface area (Å²) in [7, 11) is -4.27. The third kappa shape index (κ3) is 5.99. The smallest absolute Gasteiger partial charge is 0.323 e. The van der Waals surface area contributed by atoms with Crippen molar-refractivity contribution in [1.29, 1.82) is 0 Å². The van der Waals surface area contributed by atoms with Crippen molar-refractivity contribution >= 4 is 38.7 Å². The monoisotopic (exact) mass is 571 g/mol. The molecule has 1 aliphatic heterocycles. The van der Waals surface area contributed by atoms with Crippen molar-refractivity contribution < 1.29 is 31.9 Å². The van der Waals surface area contributed by atoms with Gasteiger partial charge in [-0.3, -0.25) is 19.4 Å². The van der Waals surface area contributed by atoms with E-state index in [2.05, 4.69) is 15.6 Å². The van der Waals surface area contributed by atoms with Crippen molar-refractivity contribution in [3.05, 3.63) is 59.3 Å². The zero-order valence-electron chi connectivity index (χ0n) is 22.8. The van der Waals surface area contributed by atoms with Crippen LogP contribution in [-0.4, -0.2) is 60.0 Å². The molecule has 3 aromatic heterocycles. The van der Waals surface area contributed by atoms with Crippen LogP contribution in [0.25, 0.3) is 11.1 Å². The molecule has 2 amide bonds. The number of carbonyl (C=O) groups is 3. The highest BCUT2D eigenvalue weighted by atomic mass is 32.2. The minimum absolute atomic E-state index is 0.0321. The molecule has 3 atom stereocenters. The van der Waals surface area contributed by atoms with E-state index < -0.39 is 57.3 Å². The first-order chi connectivity index (χ1) is 18.9. The van der Waals surface area contributed by atoms with Crippen molar-refractivity contribution in [2.45, 2.75) is 70.1 Å². The van der Waals surface area contributed by atoms with Crippen LogP contribution in [0.15, 0.2) is 52.2 Å². The summed E-state index contributed by atoms with van der Waals surface area (Å²) in [6.45, 7) is 6.65. The highest BCUT2D eigenvalue weighted by molar-refractivity contribution is 7.89. The van der Waals surface area contributed by atoms with Gasteiger partial charge in [0.15, 0.2) is 23.3 Å². The van der Waals surface area contributed by atoms with E-state index in [4.69, 9.17) is 4.42 Å². The topological polar surface area (TPSA) is 166 Å². The molecule has 1 saturated heterocycles. The maximum absolute atomic E-state index is 13.4. The standard InChI is InChI=1S/C27H33N5O7S/c1-16(2)14-20(30-27(35)25-18(4)24-22(39-25)8-7-12-28-24)26(34)29-19-11-10-17(3)32(15-21(19)33)40(37,38)23-9-5-6-13-31(23)36/h5-9,12-13,16-17,19-20H,10-11,14-15H2,1-4H3,(H,29,34)(H,30,35)/t17-,19+,20+/m1/s1. The number of aromatic nitrogens is 2. The number of aryl methyl sites for hydroxylation is 1. The van der Waals surface area contributed by atoms with Gasteiger partial charge in [-0.05, 0) is 57.2 Å². The van der Waals surface area contributed by atoms with Gasteiger partial charge >= 0.3 is 15.0 Å². The van der Waals surface area contributed by atoms with Crippen LogP contribution in [0.2, 0.25) is 0 Å². The Bertz CT molecular complexity index is 1540. The molecule has 4 rings (SSSR count). The molecule has 0 aliphatic carbocycles. The molecule has 214 valence electrons. The van der Waals surface area contributed by atoms with E-state index in [0.717, 1.165) is 10.5 Å². The highest BCUT2D eigenvalue weighted by Gasteiger charge is 2.40. The van der Waals surface area contributed by atoms with E-state index >= 15 is 0 Å². The van der Waals surface area contributed by atoms with Crippen LogP contribution in [0, 0.1) is 18.0 Å². The molecule has 40 heavy (non-hydrogen) atoms. The largest absolute Gasteiger partial charge is 0.618 e. The number of Topliss-reactive ketones (excluding diaryl/α,β-unsaturated/α-hetero) is 1. The predicted octanol–water partition coefficient (Wildman–Crippen LogP) is 1.84. The van der Waals surface area contributed by atoms with Crippen LogP contribution in [0.1, 0.15) is 56.2 Å². The Morgan fingerprint density at radius 3 is 2.65 bits per heavy atom. The van der Waals surface area contributed by atoms with E-state index in [-0.39, 0.29) is 29.3 Å². The minimum atomic E-state index is -4.27. The van der Waals surface area contributed by atoms with Gasteiger partial charge in [0.25, 0.3) is 5.91 Å². The van der Waals surface area contributed by atoms with Crippen LogP contribution in [0.4, 0.5) is 0 Å². The predicted molar refractivity (Wildman–Crippen MR) is 144 cm³/mol. The summed E-state index contributed by atoms with van der Waals surface area (Å²) >= 11 is 0. The van der Waals surface area contributed by atoms with Crippen molar-refractivity contribution in [3.63, 3.8) is 0 Å². The first kappa shape index (κ1) is 29.2. The number of hydrogen-bond donors (Lipinski definition) is 2. The van der Waals surface area contributed by atoms with Gasteiger partial charge < -0.3 is 20.3 Å². The zero-order valence-corrected chi connectivity index (χ0v) is 23.6. The third-order valence-electron chi connectivity index (χ3n) is 6.96. The second-order valence-corrected chi connectivity index (χ2v) is 12.3. The number of amides is 2. The Morgan fingerprint density at radius 2 is 1.98 bits per heavy atom. The molecule has 1 fully saturated rings. The van der Waals surface area contributed by atoms with Crippen molar-refractivity contribution in [1.82, 2.24) is 19.9 Å².